The maximum Gasteiger partial charge on any atom is 0.256 e. The normalized spacial score (nSPS) is 14.6. The van der Waals surface area contributed by atoms with Gasteiger partial charge in [-0.25, -0.2) is 4.98 Å². The first-order valence-corrected chi connectivity index (χ1v) is 8.39. The van der Waals surface area contributed by atoms with Gasteiger partial charge in [-0.2, -0.15) is 5.26 Å². The van der Waals surface area contributed by atoms with Crippen molar-refractivity contribution in [3.63, 3.8) is 0 Å². The molecule has 1 fully saturated rings. The molecule has 0 saturated carbocycles. The molecule has 3 rings (SSSR count). The highest BCUT2D eigenvalue weighted by atomic mass is 16.1. The summed E-state index contributed by atoms with van der Waals surface area (Å²) in [7, 11) is 2.05. The summed E-state index contributed by atoms with van der Waals surface area (Å²) in [6.45, 7) is 2.04. The average Bonchev–Trinajstić information content (AvgIpc) is 2.68. The number of nitrogens with one attached hydrogen (secondary N) is 2. The molecule has 2 heterocycles. The van der Waals surface area contributed by atoms with Gasteiger partial charge >= 0.3 is 0 Å². The molecule has 25 heavy (non-hydrogen) atoms. The number of rotatable bonds is 4. The number of amides is 1. The van der Waals surface area contributed by atoms with Crippen LogP contribution in [0, 0.1) is 11.3 Å². The van der Waals surface area contributed by atoms with Crippen LogP contribution in [0.25, 0.3) is 0 Å². The second kappa shape index (κ2) is 7.77. The van der Waals surface area contributed by atoms with Gasteiger partial charge in [0.25, 0.3) is 5.91 Å². The second-order valence-electron chi connectivity index (χ2n) is 6.12. The highest BCUT2D eigenvalue weighted by Gasteiger charge is 2.19. The van der Waals surface area contributed by atoms with Crippen LogP contribution in [0.5, 0.6) is 0 Å². The molecule has 0 aliphatic carbocycles. The number of hydrogen-bond donors (Lipinski definition) is 2. The van der Waals surface area contributed by atoms with E-state index in [2.05, 4.69) is 20.5 Å². The number of nitriles is 1. The van der Waals surface area contributed by atoms with E-state index in [1.54, 1.807) is 30.3 Å². The van der Waals surface area contributed by atoms with Crippen LogP contribution in [-0.2, 0) is 0 Å². The van der Waals surface area contributed by atoms with Crippen molar-refractivity contribution in [1.29, 1.82) is 5.26 Å². The fraction of sp³-hybridized carbons (Fsp3) is 0.316. The number of piperidine rings is 1. The molecule has 1 aromatic heterocycles. The van der Waals surface area contributed by atoms with Gasteiger partial charge < -0.3 is 15.5 Å². The lowest BCUT2D eigenvalue weighted by Crippen LogP contribution is -2.41. The number of pyridine rings is 1. The summed E-state index contributed by atoms with van der Waals surface area (Å²) in [5, 5.41) is 15.0. The molecule has 0 bridgehead atoms. The van der Waals surface area contributed by atoms with Crippen LogP contribution < -0.4 is 15.5 Å². The van der Waals surface area contributed by atoms with Crippen molar-refractivity contribution in [2.75, 3.05) is 30.4 Å². The molecule has 0 spiro atoms. The highest BCUT2D eigenvalue weighted by Crippen LogP contribution is 2.20. The van der Waals surface area contributed by atoms with E-state index >= 15 is 0 Å². The molecule has 1 aliphatic heterocycles. The zero-order valence-corrected chi connectivity index (χ0v) is 14.2. The second-order valence-corrected chi connectivity index (χ2v) is 6.12. The molecule has 1 aliphatic rings. The van der Waals surface area contributed by atoms with E-state index in [1.165, 1.54) is 0 Å². The van der Waals surface area contributed by atoms with E-state index in [0.717, 1.165) is 31.7 Å². The zero-order valence-electron chi connectivity index (χ0n) is 14.2. The zero-order chi connectivity index (χ0) is 17.6. The summed E-state index contributed by atoms with van der Waals surface area (Å²) in [5.41, 5.74) is 1.03. The van der Waals surface area contributed by atoms with Crippen LogP contribution >= 0.6 is 0 Å². The van der Waals surface area contributed by atoms with Crippen molar-refractivity contribution in [2.24, 2.45) is 0 Å². The van der Waals surface area contributed by atoms with Gasteiger partial charge in [0.15, 0.2) is 0 Å². The molecule has 1 aromatic carbocycles. The predicted octanol–water partition coefficient (Wildman–Crippen LogP) is 2.39. The monoisotopic (exact) mass is 335 g/mol. The van der Waals surface area contributed by atoms with Crippen molar-refractivity contribution >= 4 is 17.5 Å². The maximum atomic E-state index is 12.3. The molecule has 1 saturated heterocycles. The number of aromatic nitrogens is 1. The Morgan fingerprint density at radius 2 is 1.96 bits per heavy atom. The first-order valence-electron chi connectivity index (χ1n) is 8.39. The quantitative estimate of drug-likeness (QED) is 0.897. The largest absolute Gasteiger partial charge is 0.357 e. The van der Waals surface area contributed by atoms with Gasteiger partial charge in [-0.15, -0.1) is 0 Å². The molecule has 1 amide bonds. The first kappa shape index (κ1) is 16.9. The number of hydrogen-bond acceptors (Lipinski definition) is 5. The molecule has 0 radical (unpaired) electrons. The number of benzene rings is 1. The Morgan fingerprint density at radius 1 is 1.24 bits per heavy atom. The van der Waals surface area contributed by atoms with E-state index in [9.17, 15) is 4.79 Å². The van der Waals surface area contributed by atoms with Crippen LogP contribution in [0.4, 0.5) is 11.6 Å². The summed E-state index contributed by atoms with van der Waals surface area (Å²) in [5.74, 6) is 1.14. The van der Waals surface area contributed by atoms with Crippen LogP contribution in [0.3, 0.4) is 0 Å². The smallest absolute Gasteiger partial charge is 0.256 e. The topological polar surface area (TPSA) is 81.1 Å². The third-order valence-corrected chi connectivity index (χ3v) is 4.47. The van der Waals surface area contributed by atoms with Gasteiger partial charge in [-0.3, -0.25) is 4.79 Å². The molecule has 0 unspecified atom stereocenters. The summed E-state index contributed by atoms with van der Waals surface area (Å²) in [6, 6.07) is 14.7. The van der Waals surface area contributed by atoms with E-state index in [0.29, 0.717) is 23.0 Å². The Labute approximate surface area is 147 Å². The van der Waals surface area contributed by atoms with Crippen LogP contribution in [0.2, 0.25) is 0 Å². The number of nitrogens with zero attached hydrogens (tertiary/aromatic N) is 3. The summed E-state index contributed by atoms with van der Waals surface area (Å²) in [6.07, 6.45) is 2.17. The molecular weight excluding hydrogens is 314 g/mol. The third kappa shape index (κ3) is 4.14. The minimum absolute atomic E-state index is 0.237. The average molecular weight is 335 g/mol. The van der Waals surface area contributed by atoms with Gasteiger partial charge in [0.2, 0.25) is 0 Å². The summed E-state index contributed by atoms with van der Waals surface area (Å²) < 4.78 is 0. The van der Waals surface area contributed by atoms with Crippen molar-refractivity contribution in [1.82, 2.24) is 10.3 Å². The minimum atomic E-state index is -0.237. The lowest BCUT2D eigenvalue weighted by molar-refractivity contribution is 0.102. The summed E-state index contributed by atoms with van der Waals surface area (Å²) in [4.78, 5) is 19.1. The van der Waals surface area contributed by atoms with Gasteiger partial charge in [0.1, 0.15) is 11.6 Å². The Hall–Kier alpha value is -2.91. The van der Waals surface area contributed by atoms with Crippen molar-refractivity contribution < 1.29 is 4.79 Å². The van der Waals surface area contributed by atoms with Crippen LogP contribution in [0.15, 0.2) is 42.5 Å². The fourth-order valence-electron chi connectivity index (χ4n) is 2.95. The van der Waals surface area contributed by atoms with E-state index in [4.69, 9.17) is 5.26 Å². The Morgan fingerprint density at radius 3 is 2.64 bits per heavy atom. The molecule has 128 valence electrons. The molecule has 2 aromatic rings. The standard InChI is InChI=1S/C19H21N5O/c1-24(16-9-11-21-12-10-16)18-4-2-3-17(22-18)23-19(25)15-7-5-14(13-20)6-8-15/h2-8,16,21H,9-12H2,1H3,(H,22,23,25). The number of carbonyl (C=O) groups excluding carboxylic acids is 1. The minimum Gasteiger partial charge on any atom is -0.357 e. The van der Waals surface area contributed by atoms with Crippen molar-refractivity contribution in [3.8, 4) is 6.07 Å². The van der Waals surface area contributed by atoms with E-state index in [1.807, 2.05) is 25.2 Å². The highest BCUT2D eigenvalue weighted by molar-refractivity contribution is 6.03. The Balaban J connectivity index is 1.70. The van der Waals surface area contributed by atoms with E-state index in [-0.39, 0.29) is 5.91 Å². The lowest BCUT2D eigenvalue weighted by Gasteiger charge is -2.32. The predicted molar refractivity (Wildman–Crippen MR) is 97.6 cm³/mol. The first-order chi connectivity index (χ1) is 12.2. The molecular formula is C19H21N5O. The molecule has 6 nitrogen and oxygen atoms in total. The summed E-state index contributed by atoms with van der Waals surface area (Å²) >= 11 is 0. The van der Waals surface area contributed by atoms with Gasteiger partial charge in [0, 0.05) is 18.7 Å². The van der Waals surface area contributed by atoms with Crippen LogP contribution in [0.1, 0.15) is 28.8 Å². The third-order valence-electron chi connectivity index (χ3n) is 4.47. The van der Waals surface area contributed by atoms with Crippen molar-refractivity contribution in [3.05, 3.63) is 53.6 Å². The van der Waals surface area contributed by atoms with Crippen molar-refractivity contribution in [2.45, 2.75) is 18.9 Å². The van der Waals surface area contributed by atoms with Crippen LogP contribution in [-0.4, -0.2) is 37.1 Å². The van der Waals surface area contributed by atoms with Gasteiger partial charge in [0.05, 0.1) is 11.6 Å². The number of anilines is 2. The van der Waals surface area contributed by atoms with Gasteiger partial charge in [-0.05, 0) is 62.3 Å². The Bertz CT molecular complexity index is 775. The molecule has 2 N–H and O–H groups in total. The fourth-order valence-corrected chi connectivity index (χ4v) is 2.95. The molecule has 6 heteroatoms. The SMILES string of the molecule is CN(c1cccc(NC(=O)c2ccc(C#N)cc2)n1)C1CCNCC1. The Kier molecular flexibility index (Phi) is 5.26. The maximum absolute atomic E-state index is 12.3. The van der Waals surface area contributed by atoms with Gasteiger partial charge in [-0.1, -0.05) is 6.07 Å². The lowest BCUT2D eigenvalue weighted by atomic mass is 10.1. The number of carbonyl (C=O) groups is 1. The molecule has 0 atom stereocenters. The van der Waals surface area contributed by atoms with E-state index < -0.39 is 0 Å².